The maximum absolute atomic E-state index is 5.80. The molecule has 0 amide bonds. The van der Waals surface area contributed by atoms with Crippen LogP contribution < -0.4 is 5.32 Å². The van der Waals surface area contributed by atoms with Gasteiger partial charge in [0.25, 0.3) is 0 Å². The molecule has 2 rings (SSSR count). The topological polar surface area (TPSA) is 25.2 Å². The van der Waals surface area contributed by atoms with Gasteiger partial charge in [0.2, 0.25) is 0 Å². The molecule has 2 aromatic rings. The molecule has 0 saturated heterocycles. The monoisotopic (exact) mass is 325 g/mol. The van der Waals surface area contributed by atoms with Crippen molar-refractivity contribution in [2.45, 2.75) is 38.6 Å². The molecule has 0 bridgehead atoms. The third-order valence-electron chi connectivity index (χ3n) is 3.18. The lowest BCUT2D eigenvalue weighted by Crippen LogP contribution is -2.27. The Bertz CT molecular complexity index is 501. The van der Waals surface area contributed by atoms with Crippen molar-refractivity contribution in [3.63, 3.8) is 0 Å². The number of hydrogen-bond donors (Lipinski definition) is 1. The van der Waals surface area contributed by atoms with Gasteiger partial charge in [-0.1, -0.05) is 37.3 Å². The van der Waals surface area contributed by atoms with Crippen molar-refractivity contribution in [2.75, 3.05) is 5.75 Å². The molecule has 0 radical (unpaired) electrons. The quantitative estimate of drug-likeness (QED) is 0.763. The molecule has 1 aromatic heterocycles. The predicted molar refractivity (Wildman–Crippen MR) is 94.2 cm³/mol. The van der Waals surface area contributed by atoms with Crippen molar-refractivity contribution < 1.29 is 4.42 Å². The molecule has 1 heterocycles. The Kier molecular flexibility index (Phi) is 8.58. The van der Waals surface area contributed by atoms with Gasteiger partial charge in [-0.15, -0.1) is 12.4 Å². The van der Waals surface area contributed by atoms with E-state index in [1.165, 1.54) is 5.56 Å². The molecular formula is C17H24ClNOS. The van der Waals surface area contributed by atoms with E-state index in [9.17, 15) is 0 Å². The van der Waals surface area contributed by atoms with Crippen LogP contribution in [0.25, 0.3) is 0 Å². The van der Waals surface area contributed by atoms with Gasteiger partial charge in [0.05, 0.1) is 12.3 Å². The summed E-state index contributed by atoms with van der Waals surface area (Å²) in [6.45, 7) is 5.18. The zero-order valence-electron chi connectivity index (χ0n) is 12.7. The molecule has 0 aliphatic heterocycles. The van der Waals surface area contributed by atoms with Crippen molar-refractivity contribution in [3.05, 3.63) is 59.5 Å². The fourth-order valence-electron chi connectivity index (χ4n) is 2.11. The van der Waals surface area contributed by atoms with Crippen LogP contribution in [0.4, 0.5) is 0 Å². The van der Waals surface area contributed by atoms with Crippen LogP contribution in [0.2, 0.25) is 0 Å². The molecule has 1 unspecified atom stereocenters. The second kappa shape index (κ2) is 9.93. The summed E-state index contributed by atoms with van der Waals surface area (Å²) >= 11 is 1.89. The van der Waals surface area contributed by atoms with Crippen LogP contribution in [0.5, 0.6) is 0 Å². The van der Waals surface area contributed by atoms with Gasteiger partial charge in [0.15, 0.2) is 0 Å². The zero-order valence-corrected chi connectivity index (χ0v) is 14.3. The lowest BCUT2D eigenvalue weighted by Gasteiger charge is -2.12. The highest BCUT2D eigenvalue weighted by atomic mass is 35.5. The highest BCUT2D eigenvalue weighted by Crippen LogP contribution is 2.15. The van der Waals surface area contributed by atoms with Crippen LogP contribution in [0.1, 0.15) is 30.9 Å². The summed E-state index contributed by atoms with van der Waals surface area (Å²) in [4.78, 5) is 0. The van der Waals surface area contributed by atoms with Gasteiger partial charge in [-0.2, -0.15) is 11.8 Å². The second-order valence-electron chi connectivity index (χ2n) is 4.98. The molecule has 4 heteroatoms. The summed E-state index contributed by atoms with van der Waals surface area (Å²) in [5, 5.41) is 3.52. The third kappa shape index (κ3) is 6.60. The molecule has 1 atom stereocenters. The van der Waals surface area contributed by atoms with E-state index < -0.39 is 0 Å². The molecule has 0 saturated carbocycles. The van der Waals surface area contributed by atoms with Crippen molar-refractivity contribution in [2.24, 2.45) is 0 Å². The highest BCUT2D eigenvalue weighted by Gasteiger charge is 2.06. The second-order valence-corrected chi connectivity index (χ2v) is 6.25. The minimum absolute atomic E-state index is 0. The van der Waals surface area contributed by atoms with Crippen LogP contribution in [0.15, 0.2) is 46.9 Å². The van der Waals surface area contributed by atoms with E-state index >= 15 is 0 Å². The van der Waals surface area contributed by atoms with Crippen LogP contribution in [-0.2, 0) is 18.7 Å². The van der Waals surface area contributed by atoms with Crippen molar-refractivity contribution in [1.29, 1.82) is 0 Å². The third-order valence-corrected chi connectivity index (χ3v) is 4.07. The average Bonchev–Trinajstić information content (AvgIpc) is 2.92. The first kappa shape index (κ1) is 18.1. The van der Waals surface area contributed by atoms with Gasteiger partial charge in [-0.3, -0.25) is 0 Å². The van der Waals surface area contributed by atoms with E-state index in [1.54, 1.807) is 0 Å². The van der Waals surface area contributed by atoms with Crippen LogP contribution in [-0.4, -0.2) is 11.8 Å². The maximum atomic E-state index is 5.80. The summed E-state index contributed by atoms with van der Waals surface area (Å²) < 4.78 is 5.80. The van der Waals surface area contributed by atoms with Gasteiger partial charge >= 0.3 is 0 Å². The normalized spacial score (nSPS) is 11.9. The van der Waals surface area contributed by atoms with Gasteiger partial charge in [0, 0.05) is 6.04 Å². The number of rotatable bonds is 8. The minimum Gasteiger partial charge on any atom is -0.464 e. The van der Waals surface area contributed by atoms with Crippen molar-refractivity contribution in [1.82, 2.24) is 5.32 Å². The molecule has 0 aliphatic rings. The minimum atomic E-state index is 0. The summed E-state index contributed by atoms with van der Waals surface area (Å²) in [5.41, 5.74) is 1.37. The van der Waals surface area contributed by atoms with Gasteiger partial charge in [0.1, 0.15) is 11.5 Å². The SMILES string of the molecule is CCSCc1ccc(CNC(C)Cc2ccccc2)o1.Cl. The smallest absolute Gasteiger partial charge is 0.118 e. The average molecular weight is 326 g/mol. The molecular weight excluding hydrogens is 302 g/mol. The van der Waals surface area contributed by atoms with Gasteiger partial charge < -0.3 is 9.73 Å². The lowest BCUT2D eigenvalue weighted by atomic mass is 10.1. The van der Waals surface area contributed by atoms with E-state index in [1.807, 2.05) is 11.8 Å². The Morgan fingerprint density at radius 3 is 2.52 bits per heavy atom. The Labute approximate surface area is 138 Å². The summed E-state index contributed by atoms with van der Waals surface area (Å²) in [7, 11) is 0. The molecule has 2 nitrogen and oxygen atoms in total. The first-order chi connectivity index (χ1) is 9.78. The van der Waals surface area contributed by atoms with Gasteiger partial charge in [-0.25, -0.2) is 0 Å². The fourth-order valence-corrected chi connectivity index (χ4v) is 2.67. The van der Waals surface area contributed by atoms with Crippen molar-refractivity contribution in [3.8, 4) is 0 Å². The number of halogens is 1. The molecule has 0 fully saturated rings. The van der Waals surface area contributed by atoms with E-state index in [0.717, 1.165) is 36.0 Å². The highest BCUT2D eigenvalue weighted by molar-refractivity contribution is 7.98. The Morgan fingerprint density at radius 2 is 1.81 bits per heavy atom. The predicted octanol–water partition coefficient (Wildman–Crippen LogP) is 4.68. The first-order valence-corrected chi connectivity index (χ1v) is 8.36. The lowest BCUT2D eigenvalue weighted by molar-refractivity contribution is 0.437. The molecule has 0 aliphatic carbocycles. The number of benzene rings is 1. The Hall–Kier alpha value is -0.900. The molecule has 0 spiro atoms. The summed E-state index contributed by atoms with van der Waals surface area (Å²) in [6, 6.07) is 15.2. The molecule has 1 N–H and O–H groups in total. The fraction of sp³-hybridized carbons (Fsp3) is 0.412. The number of furan rings is 1. The largest absolute Gasteiger partial charge is 0.464 e. The summed E-state index contributed by atoms with van der Waals surface area (Å²) in [6.07, 6.45) is 1.04. The molecule has 116 valence electrons. The molecule has 21 heavy (non-hydrogen) atoms. The molecule has 1 aromatic carbocycles. The van der Waals surface area contributed by atoms with Crippen LogP contribution >= 0.6 is 24.2 Å². The van der Waals surface area contributed by atoms with E-state index in [2.05, 4.69) is 61.6 Å². The Morgan fingerprint density at radius 1 is 1.10 bits per heavy atom. The van der Waals surface area contributed by atoms with Crippen molar-refractivity contribution >= 4 is 24.2 Å². The maximum Gasteiger partial charge on any atom is 0.118 e. The van der Waals surface area contributed by atoms with Crippen LogP contribution in [0, 0.1) is 0 Å². The van der Waals surface area contributed by atoms with E-state index in [0.29, 0.717) is 6.04 Å². The van der Waals surface area contributed by atoms with E-state index in [-0.39, 0.29) is 12.4 Å². The zero-order chi connectivity index (χ0) is 14.2. The first-order valence-electron chi connectivity index (χ1n) is 7.20. The standard InChI is InChI=1S/C17H23NOS.ClH/c1-3-20-13-17-10-9-16(19-17)12-18-14(2)11-15-7-5-4-6-8-15;/h4-10,14,18H,3,11-13H2,1-2H3;1H. The Balaban J connectivity index is 0.00000220. The number of hydrogen-bond acceptors (Lipinski definition) is 3. The van der Waals surface area contributed by atoms with E-state index in [4.69, 9.17) is 4.42 Å². The van der Waals surface area contributed by atoms with Gasteiger partial charge in [-0.05, 0) is 36.8 Å². The number of thioether (sulfide) groups is 1. The summed E-state index contributed by atoms with van der Waals surface area (Å²) in [5.74, 6) is 4.19. The van der Waals surface area contributed by atoms with Crippen LogP contribution in [0.3, 0.4) is 0 Å². The number of nitrogens with one attached hydrogen (secondary N) is 1.